The summed E-state index contributed by atoms with van der Waals surface area (Å²) in [6, 6.07) is 0.498. The molecule has 1 saturated heterocycles. The summed E-state index contributed by atoms with van der Waals surface area (Å²) in [4.78, 5) is 11.6. The Labute approximate surface area is 86.6 Å². The Balaban J connectivity index is 2.19. The third kappa shape index (κ3) is 3.29. The third-order valence-corrected chi connectivity index (χ3v) is 3.10. The molecule has 1 rings (SSSR count). The highest BCUT2D eigenvalue weighted by Gasteiger charge is 2.19. The first-order valence-corrected chi connectivity index (χ1v) is 5.62. The Morgan fingerprint density at radius 2 is 2.21 bits per heavy atom. The van der Waals surface area contributed by atoms with Crippen molar-refractivity contribution in [3.05, 3.63) is 0 Å². The molecule has 0 aromatic rings. The SMILES string of the molecule is CC(C)C(C)C(=O)NCC1CCCN1. The van der Waals surface area contributed by atoms with Gasteiger partial charge in [0, 0.05) is 18.5 Å². The summed E-state index contributed by atoms with van der Waals surface area (Å²) >= 11 is 0. The second-order valence-corrected chi connectivity index (χ2v) is 4.57. The van der Waals surface area contributed by atoms with E-state index in [1.807, 2.05) is 6.92 Å². The Bertz CT molecular complexity index is 186. The lowest BCUT2D eigenvalue weighted by Crippen LogP contribution is -2.40. The molecule has 3 heteroatoms. The zero-order valence-electron chi connectivity index (χ0n) is 9.47. The molecular formula is C11H22N2O. The maximum absolute atomic E-state index is 11.6. The van der Waals surface area contributed by atoms with Crippen LogP contribution in [0.5, 0.6) is 0 Å². The Kier molecular flexibility index (Phi) is 4.39. The molecule has 0 bridgehead atoms. The number of amides is 1. The predicted molar refractivity (Wildman–Crippen MR) is 58.0 cm³/mol. The van der Waals surface area contributed by atoms with Crippen molar-refractivity contribution in [2.24, 2.45) is 11.8 Å². The molecule has 1 aliphatic rings. The van der Waals surface area contributed by atoms with Gasteiger partial charge < -0.3 is 10.6 Å². The summed E-state index contributed by atoms with van der Waals surface area (Å²) in [5.74, 6) is 0.733. The summed E-state index contributed by atoms with van der Waals surface area (Å²) in [5, 5.41) is 6.37. The van der Waals surface area contributed by atoms with E-state index in [2.05, 4.69) is 24.5 Å². The summed E-state index contributed by atoms with van der Waals surface area (Å²) < 4.78 is 0. The molecular weight excluding hydrogens is 176 g/mol. The first kappa shape index (κ1) is 11.5. The first-order chi connectivity index (χ1) is 6.61. The largest absolute Gasteiger partial charge is 0.354 e. The highest BCUT2D eigenvalue weighted by atomic mass is 16.1. The van der Waals surface area contributed by atoms with E-state index in [1.54, 1.807) is 0 Å². The quantitative estimate of drug-likeness (QED) is 0.711. The van der Waals surface area contributed by atoms with Crippen molar-refractivity contribution in [2.75, 3.05) is 13.1 Å². The van der Waals surface area contributed by atoms with E-state index in [1.165, 1.54) is 12.8 Å². The minimum Gasteiger partial charge on any atom is -0.354 e. The molecule has 1 heterocycles. The van der Waals surface area contributed by atoms with Crippen molar-refractivity contribution in [2.45, 2.75) is 39.7 Å². The molecule has 0 aromatic carbocycles. The average molecular weight is 198 g/mol. The van der Waals surface area contributed by atoms with E-state index in [9.17, 15) is 4.79 Å². The van der Waals surface area contributed by atoms with Gasteiger partial charge in [-0.1, -0.05) is 20.8 Å². The predicted octanol–water partition coefficient (Wildman–Crippen LogP) is 1.15. The van der Waals surface area contributed by atoms with E-state index in [4.69, 9.17) is 0 Å². The van der Waals surface area contributed by atoms with E-state index in [0.717, 1.165) is 13.1 Å². The standard InChI is InChI=1S/C11H22N2O/c1-8(2)9(3)11(14)13-7-10-5-4-6-12-10/h8-10,12H,4-7H2,1-3H3,(H,13,14). The normalized spacial score (nSPS) is 23.9. The van der Waals surface area contributed by atoms with Crippen LogP contribution in [-0.2, 0) is 4.79 Å². The van der Waals surface area contributed by atoms with Gasteiger partial charge in [0.05, 0.1) is 0 Å². The van der Waals surface area contributed by atoms with Crippen LogP contribution in [0, 0.1) is 11.8 Å². The molecule has 3 nitrogen and oxygen atoms in total. The van der Waals surface area contributed by atoms with E-state index >= 15 is 0 Å². The molecule has 0 aliphatic carbocycles. The Morgan fingerprint density at radius 1 is 1.50 bits per heavy atom. The van der Waals surface area contributed by atoms with Crippen LogP contribution in [0.1, 0.15) is 33.6 Å². The van der Waals surface area contributed by atoms with Gasteiger partial charge in [-0.05, 0) is 25.3 Å². The van der Waals surface area contributed by atoms with E-state index < -0.39 is 0 Å². The molecule has 0 spiro atoms. The fraction of sp³-hybridized carbons (Fsp3) is 0.909. The number of nitrogens with one attached hydrogen (secondary N) is 2. The second kappa shape index (κ2) is 5.35. The lowest BCUT2D eigenvalue weighted by molar-refractivity contribution is -0.125. The summed E-state index contributed by atoms with van der Waals surface area (Å²) in [7, 11) is 0. The molecule has 14 heavy (non-hydrogen) atoms. The molecule has 0 aromatic heterocycles. The van der Waals surface area contributed by atoms with Crippen LogP contribution in [0.2, 0.25) is 0 Å². The van der Waals surface area contributed by atoms with Crippen LogP contribution < -0.4 is 10.6 Å². The van der Waals surface area contributed by atoms with E-state index in [0.29, 0.717) is 12.0 Å². The van der Waals surface area contributed by atoms with Gasteiger partial charge in [0.25, 0.3) is 0 Å². The lowest BCUT2D eigenvalue weighted by atomic mass is 9.97. The number of rotatable bonds is 4. The van der Waals surface area contributed by atoms with Gasteiger partial charge in [-0.2, -0.15) is 0 Å². The zero-order valence-corrected chi connectivity index (χ0v) is 9.47. The molecule has 82 valence electrons. The molecule has 1 fully saturated rings. The molecule has 2 unspecified atom stereocenters. The number of hydrogen-bond donors (Lipinski definition) is 2. The fourth-order valence-corrected chi connectivity index (χ4v) is 1.62. The molecule has 1 aliphatic heterocycles. The minimum absolute atomic E-state index is 0.122. The van der Waals surface area contributed by atoms with Crippen LogP contribution >= 0.6 is 0 Å². The monoisotopic (exact) mass is 198 g/mol. The number of carbonyl (C=O) groups excluding carboxylic acids is 1. The maximum Gasteiger partial charge on any atom is 0.223 e. The Morgan fingerprint density at radius 3 is 2.71 bits per heavy atom. The summed E-state index contributed by atoms with van der Waals surface area (Å²) in [6.07, 6.45) is 2.43. The van der Waals surface area contributed by atoms with Crippen molar-refractivity contribution in [1.82, 2.24) is 10.6 Å². The molecule has 1 amide bonds. The number of carbonyl (C=O) groups is 1. The van der Waals surface area contributed by atoms with Crippen molar-refractivity contribution in [3.8, 4) is 0 Å². The second-order valence-electron chi connectivity index (χ2n) is 4.57. The molecule has 0 saturated carbocycles. The van der Waals surface area contributed by atoms with Gasteiger partial charge in [0.15, 0.2) is 0 Å². The summed E-state index contributed by atoms with van der Waals surface area (Å²) in [5.41, 5.74) is 0. The third-order valence-electron chi connectivity index (χ3n) is 3.10. The Hall–Kier alpha value is -0.570. The topological polar surface area (TPSA) is 41.1 Å². The van der Waals surface area contributed by atoms with E-state index in [-0.39, 0.29) is 11.8 Å². The van der Waals surface area contributed by atoms with Crippen molar-refractivity contribution in [1.29, 1.82) is 0 Å². The highest BCUT2D eigenvalue weighted by molar-refractivity contribution is 5.78. The van der Waals surface area contributed by atoms with Gasteiger partial charge in [-0.15, -0.1) is 0 Å². The van der Waals surface area contributed by atoms with Crippen LogP contribution in [0.15, 0.2) is 0 Å². The lowest BCUT2D eigenvalue weighted by Gasteiger charge is -2.17. The van der Waals surface area contributed by atoms with Crippen LogP contribution in [0.3, 0.4) is 0 Å². The summed E-state index contributed by atoms with van der Waals surface area (Å²) in [6.45, 7) is 8.04. The van der Waals surface area contributed by atoms with Gasteiger partial charge >= 0.3 is 0 Å². The van der Waals surface area contributed by atoms with Crippen molar-refractivity contribution < 1.29 is 4.79 Å². The fourth-order valence-electron chi connectivity index (χ4n) is 1.62. The smallest absolute Gasteiger partial charge is 0.223 e. The zero-order chi connectivity index (χ0) is 10.6. The molecule has 2 N–H and O–H groups in total. The van der Waals surface area contributed by atoms with Crippen LogP contribution in [-0.4, -0.2) is 25.0 Å². The van der Waals surface area contributed by atoms with Crippen molar-refractivity contribution in [3.63, 3.8) is 0 Å². The van der Waals surface area contributed by atoms with Gasteiger partial charge in [-0.25, -0.2) is 0 Å². The van der Waals surface area contributed by atoms with Crippen LogP contribution in [0.25, 0.3) is 0 Å². The molecule has 0 radical (unpaired) electrons. The van der Waals surface area contributed by atoms with Gasteiger partial charge in [0.2, 0.25) is 5.91 Å². The average Bonchev–Trinajstić information content (AvgIpc) is 2.65. The van der Waals surface area contributed by atoms with Crippen LogP contribution in [0.4, 0.5) is 0 Å². The minimum atomic E-state index is 0.122. The van der Waals surface area contributed by atoms with Crippen molar-refractivity contribution >= 4 is 5.91 Å². The molecule has 2 atom stereocenters. The highest BCUT2D eigenvalue weighted by Crippen LogP contribution is 2.09. The number of hydrogen-bond acceptors (Lipinski definition) is 2. The first-order valence-electron chi connectivity index (χ1n) is 5.62. The maximum atomic E-state index is 11.6. The van der Waals surface area contributed by atoms with Gasteiger partial charge in [-0.3, -0.25) is 4.79 Å². The van der Waals surface area contributed by atoms with Gasteiger partial charge in [0.1, 0.15) is 0 Å².